The fourth-order valence-corrected chi connectivity index (χ4v) is 2.47. The molecule has 2 aromatic carbocycles. The molecule has 0 atom stereocenters. The molecule has 0 heterocycles. The van der Waals surface area contributed by atoms with E-state index in [1.807, 2.05) is 12.1 Å². The maximum Gasteiger partial charge on any atom is 0.344 e. The zero-order chi connectivity index (χ0) is 18.1. The molecule has 5 nitrogen and oxygen atoms in total. The van der Waals surface area contributed by atoms with Gasteiger partial charge >= 0.3 is 5.97 Å². The standard InChI is InChI=1S/C18H18Cl2N2O3/c1-2-24-18(23)12-25-14-8-6-13(7-9-14)10-21-22-11-15-16(19)4-3-5-17(15)20/h3-10,22H,2,11-12H2,1H3/b21-10+. The molecule has 0 spiro atoms. The van der Waals surface area contributed by atoms with E-state index in [-0.39, 0.29) is 6.61 Å². The van der Waals surface area contributed by atoms with Gasteiger partial charge in [0, 0.05) is 15.6 Å². The average molecular weight is 381 g/mol. The fourth-order valence-electron chi connectivity index (χ4n) is 1.94. The first kappa shape index (κ1) is 19.1. The third-order valence-electron chi connectivity index (χ3n) is 3.16. The van der Waals surface area contributed by atoms with Gasteiger partial charge < -0.3 is 14.9 Å². The summed E-state index contributed by atoms with van der Waals surface area (Å²) in [5.41, 5.74) is 4.58. The average Bonchev–Trinajstić information content (AvgIpc) is 2.60. The number of halogens is 2. The normalized spacial score (nSPS) is 10.7. The van der Waals surface area contributed by atoms with Crippen LogP contribution in [0.4, 0.5) is 0 Å². The van der Waals surface area contributed by atoms with Crippen LogP contribution in [0.25, 0.3) is 0 Å². The van der Waals surface area contributed by atoms with E-state index in [9.17, 15) is 4.79 Å². The molecule has 0 fully saturated rings. The first-order valence-electron chi connectivity index (χ1n) is 7.67. The maximum absolute atomic E-state index is 11.2. The van der Waals surface area contributed by atoms with Crippen LogP contribution in [0.15, 0.2) is 47.6 Å². The van der Waals surface area contributed by atoms with E-state index in [2.05, 4.69) is 10.5 Å². The summed E-state index contributed by atoms with van der Waals surface area (Å²) in [5, 5.41) is 5.33. The number of hydrogen-bond donors (Lipinski definition) is 1. The fraction of sp³-hybridized carbons (Fsp3) is 0.222. The van der Waals surface area contributed by atoms with Crippen molar-refractivity contribution in [3.63, 3.8) is 0 Å². The van der Waals surface area contributed by atoms with Gasteiger partial charge in [0.1, 0.15) is 5.75 Å². The molecule has 0 unspecified atom stereocenters. The highest BCUT2D eigenvalue weighted by Gasteiger charge is 2.04. The van der Waals surface area contributed by atoms with Crippen LogP contribution in [0.5, 0.6) is 5.75 Å². The van der Waals surface area contributed by atoms with E-state index >= 15 is 0 Å². The predicted molar refractivity (Wildman–Crippen MR) is 99.5 cm³/mol. The number of carbonyl (C=O) groups excluding carboxylic acids is 1. The van der Waals surface area contributed by atoms with Crippen molar-refractivity contribution in [3.8, 4) is 5.75 Å². The lowest BCUT2D eigenvalue weighted by molar-refractivity contribution is -0.145. The van der Waals surface area contributed by atoms with Crippen molar-refractivity contribution in [2.75, 3.05) is 13.2 Å². The highest BCUT2D eigenvalue weighted by molar-refractivity contribution is 6.35. The van der Waals surface area contributed by atoms with Gasteiger partial charge in [-0.15, -0.1) is 0 Å². The third kappa shape index (κ3) is 6.29. The van der Waals surface area contributed by atoms with Crippen molar-refractivity contribution in [2.24, 2.45) is 5.10 Å². The van der Waals surface area contributed by atoms with Gasteiger partial charge in [-0.3, -0.25) is 0 Å². The molecule has 25 heavy (non-hydrogen) atoms. The first-order valence-corrected chi connectivity index (χ1v) is 8.43. The third-order valence-corrected chi connectivity index (χ3v) is 3.87. The summed E-state index contributed by atoms with van der Waals surface area (Å²) in [6.07, 6.45) is 1.67. The minimum atomic E-state index is -0.393. The molecule has 0 saturated carbocycles. The predicted octanol–water partition coefficient (Wildman–Crippen LogP) is 4.06. The quantitative estimate of drug-likeness (QED) is 0.426. The Morgan fingerprint density at radius 3 is 2.48 bits per heavy atom. The number of rotatable bonds is 8. The summed E-state index contributed by atoms with van der Waals surface area (Å²) in [6.45, 7) is 2.40. The Balaban J connectivity index is 1.82. The first-order chi connectivity index (χ1) is 12.1. The van der Waals surface area contributed by atoms with Crippen LogP contribution in [0.1, 0.15) is 18.1 Å². The molecule has 0 saturated heterocycles. The molecule has 0 aliphatic heterocycles. The van der Waals surface area contributed by atoms with Crippen LogP contribution in [0.2, 0.25) is 10.0 Å². The van der Waals surface area contributed by atoms with Crippen LogP contribution in [0, 0.1) is 0 Å². The summed E-state index contributed by atoms with van der Waals surface area (Å²) < 4.78 is 10.1. The topological polar surface area (TPSA) is 59.9 Å². The Morgan fingerprint density at radius 1 is 1.16 bits per heavy atom. The molecule has 0 aromatic heterocycles. The molecular weight excluding hydrogens is 363 g/mol. The molecule has 0 aliphatic rings. The summed E-state index contributed by atoms with van der Waals surface area (Å²) in [6, 6.07) is 12.5. The summed E-state index contributed by atoms with van der Waals surface area (Å²) in [7, 11) is 0. The molecule has 0 amide bonds. The van der Waals surface area contributed by atoms with Crippen molar-refractivity contribution in [2.45, 2.75) is 13.5 Å². The van der Waals surface area contributed by atoms with Gasteiger partial charge in [-0.05, 0) is 48.9 Å². The number of esters is 1. The summed E-state index contributed by atoms with van der Waals surface area (Å²) in [5.74, 6) is 0.191. The minimum absolute atomic E-state index is 0.110. The van der Waals surface area contributed by atoms with E-state index in [0.717, 1.165) is 11.1 Å². The van der Waals surface area contributed by atoms with Gasteiger partial charge in [0.25, 0.3) is 0 Å². The van der Waals surface area contributed by atoms with E-state index in [4.69, 9.17) is 32.7 Å². The Morgan fingerprint density at radius 2 is 1.84 bits per heavy atom. The zero-order valence-corrected chi connectivity index (χ0v) is 15.2. The van der Waals surface area contributed by atoms with E-state index in [0.29, 0.717) is 28.9 Å². The smallest absolute Gasteiger partial charge is 0.344 e. The maximum atomic E-state index is 11.2. The Bertz CT molecular complexity index is 713. The van der Waals surface area contributed by atoms with Crippen molar-refractivity contribution in [1.82, 2.24) is 5.43 Å². The number of hydrogen-bond acceptors (Lipinski definition) is 5. The Labute approximate surface area is 156 Å². The zero-order valence-electron chi connectivity index (χ0n) is 13.7. The molecule has 2 aromatic rings. The molecule has 0 radical (unpaired) electrons. The molecular formula is C18H18Cl2N2O3. The number of benzene rings is 2. The van der Waals surface area contributed by atoms with Gasteiger partial charge in [-0.1, -0.05) is 29.3 Å². The van der Waals surface area contributed by atoms with Crippen molar-refractivity contribution < 1.29 is 14.3 Å². The summed E-state index contributed by atoms with van der Waals surface area (Å²) in [4.78, 5) is 11.2. The lowest BCUT2D eigenvalue weighted by Crippen LogP contribution is -2.14. The van der Waals surface area contributed by atoms with Gasteiger partial charge in [-0.25, -0.2) is 4.79 Å². The Kier molecular flexibility index (Phi) is 7.57. The van der Waals surface area contributed by atoms with Crippen LogP contribution < -0.4 is 10.2 Å². The molecule has 0 aliphatic carbocycles. The number of carbonyl (C=O) groups is 1. The van der Waals surface area contributed by atoms with Crippen LogP contribution in [-0.2, 0) is 16.1 Å². The highest BCUT2D eigenvalue weighted by atomic mass is 35.5. The molecule has 1 N–H and O–H groups in total. The highest BCUT2D eigenvalue weighted by Crippen LogP contribution is 2.23. The van der Waals surface area contributed by atoms with Gasteiger partial charge in [0.2, 0.25) is 0 Å². The van der Waals surface area contributed by atoms with E-state index in [1.165, 1.54) is 0 Å². The SMILES string of the molecule is CCOC(=O)COc1ccc(/C=N/NCc2c(Cl)cccc2Cl)cc1. The largest absolute Gasteiger partial charge is 0.482 e. The van der Waals surface area contributed by atoms with E-state index < -0.39 is 5.97 Å². The molecule has 7 heteroatoms. The van der Waals surface area contributed by atoms with Crippen molar-refractivity contribution >= 4 is 35.4 Å². The van der Waals surface area contributed by atoms with Gasteiger partial charge in [0.15, 0.2) is 6.61 Å². The minimum Gasteiger partial charge on any atom is -0.482 e. The second-order valence-electron chi connectivity index (χ2n) is 4.96. The van der Waals surface area contributed by atoms with Crippen LogP contribution >= 0.6 is 23.2 Å². The molecule has 2 rings (SSSR count). The van der Waals surface area contributed by atoms with Gasteiger partial charge in [-0.2, -0.15) is 5.10 Å². The van der Waals surface area contributed by atoms with Crippen molar-refractivity contribution in [3.05, 3.63) is 63.6 Å². The number of nitrogens with one attached hydrogen (secondary N) is 1. The Hall–Kier alpha value is -2.24. The lowest BCUT2D eigenvalue weighted by Gasteiger charge is -2.06. The number of ether oxygens (including phenoxy) is 2. The monoisotopic (exact) mass is 380 g/mol. The number of hydrazone groups is 1. The molecule has 132 valence electrons. The second kappa shape index (κ2) is 9.91. The van der Waals surface area contributed by atoms with Crippen LogP contribution in [-0.4, -0.2) is 25.4 Å². The van der Waals surface area contributed by atoms with Crippen LogP contribution in [0.3, 0.4) is 0 Å². The van der Waals surface area contributed by atoms with Crippen molar-refractivity contribution in [1.29, 1.82) is 0 Å². The van der Waals surface area contributed by atoms with Gasteiger partial charge in [0.05, 0.1) is 19.4 Å². The lowest BCUT2D eigenvalue weighted by atomic mass is 10.2. The molecule has 0 bridgehead atoms. The second-order valence-corrected chi connectivity index (χ2v) is 5.77. The summed E-state index contributed by atoms with van der Waals surface area (Å²) >= 11 is 12.2. The number of nitrogens with zero attached hydrogens (tertiary/aromatic N) is 1. The van der Waals surface area contributed by atoms with E-state index in [1.54, 1.807) is 43.5 Å².